The van der Waals surface area contributed by atoms with Crippen molar-refractivity contribution in [1.29, 1.82) is 0 Å². The van der Waals surface area contributed by atoms with Gasteiger partial charge in [0, 0.05) is 18.6 Å². The first-order valence-corrected chi connectivity index (χ1v) is 7.55. The second-order valence-corrected chi connectivity index (χ2v) is 5.63. The van der Waals surface area contributed by atoms with Gasteiger partial charge in [-0.2, -0.15) is 18.3 Å². The van der Waals surface area contributed by atoms with Crippen molar-refractivity contribution in [3.8, 4) is 0 Å². The van der Waals surface area contributed by atoms with Crippen molar-refractivity contribution in [2.24, 2.45) is 5.10 Å². The molecule has 1 amide bonds. The molecule has 0 unspecified atom stereocenters. The van der Waals surface area contributed by atoms with Crippen molar-refractivity contribution >= 4 is 17.3 Å². The molecule has 0 aromatic heterocycles. The molecule has 0 fully saturated rings. The number of alkyl halides is 3. The number of hydrazone groups is 1. The lowest BCUT2D eigenvalue weighted by Crippen LogP contribution is -2.38. The van der Waals surface area contributed by atoms with Gasteiger partial charge in [-0.1, -0.05) is 42.5 Å². The minimum atomic E-state index is -5.10. The highest BCUT2D eigenvalue weighted by atomic mass is 19.4. The van der Waals surface area contributed by atoms with Crippen molar-refractivity contribution < 1.29 is 22.9 Å². The van der Waals surface area contributed by atoms with Gasteiger partial charge in [-0.15, -0.1) is 0 Å². The average Bonchev–Trinajstić information content (AvgIpc) is 3.06. The van der Waals surface area contributed by atoms with E-state index in [-0.39, 0.29) is 17.7 Å². The van der Waals surface area contributed by atoms with Gasteiger partial charge in [-0.3, -0.25) is 14.9 Å². The van der Waals surface area contributed by atoms with E-state index in [9.17, 15) is 28.1 Å². The van der Waals surface area contributed by atoms with Crippen LogP contribution < -0.4 is 0 Å². The molecule has 26 heavy (non-hydrogen) atoms. The Morgan fingerprint density at radius 2 is 1.85 bits per heavy atom. The highest BCUT2D eigenvalue weighted by Crippen LogP contribution is 2.36. The summed E-state index contributed by atoms with van der Waals surface area (Å²) in [5.41, 5.74) is 0.835. The fourth-order valence-corrected chi connectivity index (χ4v) is 2.74. The molecule has 0 aliphatic carbocycles. The van der Waals surface area contributed by atoms with Gasteiger partial charge >= 0.3 is 12.1 Å². The fraction of sp³-hybridized carbons (Fsp3) is 0.176. The predicted octanol–water partition coefficient (Wildman–Crippen LogP) is 3.83. The number of non-ortho nitro benzene ring substituents is 1. The van der Waals surface area contributed by atoms with Crippen LogP contribution >= 0.6 is 0 Å². The van der Waals surface area contributed by atoms with Gasteiger partial charge < -0.3 is 0 Å². The van der Waals surface area contributed by atoms with Crippen LogP contribution in [0.25, 0.3) is 0 Å². The van der Waals surface area contributed by atoms with Crippen LogP contribution in [-0.4, -0.2) is 27.7 Å². The molecule has 9 heteroatoms. The number of nitro benzene ring substituents is 1. The smallest absolute Gasteiger partial charge is 0.262 e. The summed E-state index contributed by atoms with van der Waals surface area (Å²) in [5.74, 6) is -2.11. The summed E-state index contributed by atoms with van der Waals surface area (Å²) in [5, 5.41) is 15.2. The molecule has 0 saturated heterocycles. The molecule has 2 aromatic carbocycles. The maximum Gasteiger partial charge on any atom is 0.473 e. The first-order chi connectivity index (χ1) is 12.3. The first kappa shape index (κ1) is 17.6. The molecule has 0 radical (unpaired) electrons. The maximum absolute atomic E-state index is 13.0. The Labute approximate surface area is 145 Å². The Balaban J connectivity index is 2.02. The van der Waals surface area contributed by atoms with Crippen molar-refractivity contribution in [1.82, 2.24) is 5.01 Å². The lowest BCUT2D eigenvalue weighted by Gasteiger charge is -2.22. The summed E-state index contributed by atoms with van der Waals surface area (Å²) in [7, 11) is 0. The highest BCUT2D eigenvalue weighted by Gasteiger charge is 2.47. The van der Waals surface area contributed by atoms with Crippen LogP contribution in [0.1, 0.15) is 23.6 Å². The van der Waals surface area contributed by atoms with E-state index in [1.807, 2.05) is 0 Å². The van der Waals surface area contributed by atoms with E-state index >= 15 is 0 Å². The van der Waals surface area contributed by atoms with Crippen molar-refractivity contribution in [3.05, 3.63) is 75.8 Å². The summed E-state index contributed by atoms with van der Waals surface area (Å²) in [6.07, 6.45) is -5.08. The van der Waals surface area contributed by atoms with E-state index in [0.29, 0.717) is 16.3 Å². The number of rotatable bonds is 3. The van der Waals surface area contributed by atoms with Crippen molar-refractivity contribution in [3.63, 3.8) is 0 Å². The Kier molecular flexibility index (Phi) is 4.45. The molecule has 0 spiro atoms. The minimum Gasteiger partial charge on any atom is -0.262 e. The van der Waals surface area contributed by atoms with Gasteiger partial charge in [0.15, 0.2) is 0 Å². The normalized spacial score (nSPS) is 17.1. The van der Waals surface area contributed by atoms with Crippen LogP contribution in [0.15, 0.2) is 59.7 Å². The van der Waals surface area contributed by atoms with Crippen LogP contribution in [0, 0.1) is 10.1 Å². The lowest BCUT2D eigenvalue weighted by molar-refractivity contribution is -0.384. The molecule has 3 rings (SSSR count). The van der Waals surface area contributed by atoms with Crippen LogP contribution in [0.4, 0.5) is 18.9 Å². The molecule has 0 saturated carbocycles. The molecule has 0 bridgehead atoms. The van der Waals surface area contributed by atoms with Crippen LogP contribution in [0.2, 0.25) is 0 Å². The zero-order valence-electron chi connectivity index (χ0n) is 13.2. The lowest BCUT2D eigenvalue weighted by atomic mass is 9.98. The number of nitrogens with zero attached hydrogens (tertiary/aromatic N) is 3. The second-order valence-electron chi connectivity index (χ2n) is 5.63. The van der Waals surface area contributed by atoms with Crippen LogP contribution in [-0.2, 0) is 4.79 Å². The summed E-state index contributed by atoms with van der Waals surface area (Å²) in [4.78, 5) is 22.1. The number of benzene rings is 2. The van der Waals surface area contributed by atoms with Gasteiger partial charge in [0.05, 0.1) is 16.7 Å². The monoisotopic (exact) mass is 363 g/mol. The molecule has 1 aliphatic heterocycles. The molecular formula is C17H12F3N3O3. The summed E-state index contributed by atoms with van der Waals surface area (Å²) in [6.45, 7) is 0. The third-order valence-electron chi connectivity index (χ3n) is 3.93. The molecular weight excluding hydrogens is 351 g/mol. The Hall–Kier alpha value is -3.23. The van der Waals surface area contributed by atoms with E-state index < -0.39 is 23.0 Å². The number of hydrogen-bond donors (Lipinski definition) is 0. The molecule has 1 atom stereocenters. The number of halogens is 3. The van der Waals surface area contributed by atoms with Gasteiger partial charge in [0.25, 0.3) is 5.69 Å². The van der Waals surface area contributed by atoms with Gasteiger partial charge in [0.1, 0.15) is 0 Å². The Morgan fingerprint density at radius 3 is 2.46 bits per heavy atom. The maximum atomic E-state index is 13.0. The van der Waals surface area contributed by atoms with E-state index in [1.54, 1.807) is 30.3 Å². The van der Waals surface area contributed by atoms with Crippen molar-refractivity contribution in [2.75, 3.05) is 0 Å². The third-order valence-corrected chi connectivity index (χ3v) is 3.93. The predicted molar refractivity (Wildman–Crippen MR) is 86.3 cm³/mol. The van der Waals surface area contributed by atoms with E-state index in [2.05, 4.69) is 5.10 Å². The van der Waals surface area contributed by atoms with Gasteiger partial charge in [-0.25, -0.2) is 5.01 Å². The number of amides is 1. The topological polar surface area (TPSA) is 75.8 Å². The van der Waals surface area contributed by atoms with E-state index in [0.717, 1.165) is 6.07 Å². The second kappa shape index (κ2) is 6.58. The molecule has 1 aliphatic rings. The van der Waals surface area contributed by atoms with Crippen LogP contribution in [0.3, 0.4) is 0 Å². The third kappa shape index (κ3) is 3.41. The highest BCUT2D eigenvalue weighted by molar-refractivity contribution is 6.03. The number of carbonyl (C=O) groups is 1. The number of carbonyl (C=O) groups excluding carboxylic acids is 1. The minimum absolute atomic E-state index is 0.0208. The molecule has 6 nitrogen and oxygen atoms in total. The molecule has 134 valence electrons. The Morgan fingerprint density at radius 1 is 1.15 bits per heavy atom. The Bertz CT molecular complexity index is 882. The van der Waals surface area contributed by atoms with E-state index in [4.69, 9.17) is 0 Å². The number of hydrogen-bond acceptors (Lipinski definition) is 4. The molecule has 1 heterocycles. The SMILES string of the molecule is O=C(N1N=C(c2ccccc2)C[C@H]1c1cccc([N+](=O)[O-])c1)C(F)(F)F. The zero-order valence-corrected chi connectivity index (χ0v) is 13.2. The van der Waals surface area contributed by atoms with Gasteiger partial charge in [-0.05, 0) is 11.1 Å². The molecule has 0 N–H and O–H groups in total. The fourth-order valence-electron chi connectivity index (χ4n) is 2.74. The zero-order chi connectivity index (χ0) is 18.9. The summed E-state index contributed by atoms with van der Waals surface area (Å²) >= 11 is 0. The summed E-state index contributed by atoms with van der Waals surface area (Å²) < 4.78 is 38.9. The average molecular weight is 363 g/mol. The molecule has 2 aromatic rings. The number of nitro groups is 1. The van der Waals surface area contributed by atoms with Crippen LogP contribution in [0.5, 0.6) is 0 Å². The standard InChI is InChI=1S/C17H12F3N3O3/c18-17(19,20)16(24)22-15(12-7-4-8-13(9-12)23(25)26)10-14(21-22)11-5-2-1-3-6-11/h1-9,15H,10H2/t15-/m0/s1. The summed E-state index contributed by atoms with van der Waals surface area (Å²) in [6, 6.07) is 12.6. The quantitative estimate of drug-likeness (QED) is 0.614. The van der Waals surface area contributed by atoms with Gasteiger partial charge in [0.2, 0.25) is 0 Å². The first-order valence-electron chi connectivity index (χ1n) is 7.55. The van der Waals surface area contributed by atoms with Crippen molar-refractivity contribution in [2.45, 2.75) is 18.6 Å². The largest absolute Gasteiger partial charge is 0.473 e. The van der Waals surface area contributed by atoms with E-state index in [1.165, 1.54) is 18.2 Å².